The van der Waals surface area contributed by atoms with Crippen LogP contribution in [0.15, 0.2) is 101 Å². The molecule has 0 fully saturated rings. The van der Waals surface area contributed by atoms with Gasteiger partial charge in [0, 0.05) is 51.0 Å². The number of ketones is 2. The van der Waals surface area contributed by atoms with Crippen LogP contribution < -0.4 is 0 Å². The molecule has 3 nitrogen and oxygen atoms in total. The molecule has 162 valence electrons. The van der Waals surface area contributed by atoms with Gasteiger partial charge in [-0.2, -0.15) is 0 Å². The van der Waals surface area contributed by atoms with Crippen molar-refractivity contribution in [3.05, 3.63) is 130 Å². The first kappa shape index (κ1) is 21.4. The van der Waals surface area contributed by atoms with Crippen LogP contribution >= 0.6 is 0 Å². The molecular formula is C29H22O3S. The fourth-order valence-electron chi connectivity index (χ4n) is 4.35. The van der Waals surface area contributed by atoms with E-state index in [0.717, 1.165) is 28.2 Å². The largest absolute Gasteiger partial charge is 0.606 e. The molecule has 1 heterocycles. The number of hydrogen-bond acceptors (Lipinski definition) is 3. The summed E-state index contributed by atoms with van der Waals surface area (Å²) >= 11 is -0.990. The van der Waals surface area contributed by atoms with Crippen LogP contribution in [-0.2, 0) is 24.0 Å². The minimum absolute atomic E-state index is 0.0458. The van der Waals surface area contributed by atoms with Crippen molar-refractivity contribution in [2.24, 2.45) is 0 Å². The smallest absolute Gasteiger partial charge is 0.194 e. The highest BCUT2D eigenvalue weighted by Gasteiger charge is 2.29. The van der Waals surface area contributed by atoms with Crippen LogP contribution in [0.5, 0.6) is 0 Å². The zero-order chi connectivity index (χ0) is 22.9. The lowest BCUT2D eigenvalue weighted by Gasteiger charge is -2.21. The van der Waals surface area contributed by atoms with Crippen molar-refractivity contribution in [3.8, 4) is 0 Å². The molecule has 0 saturated heterocycles. The van der Waals surface area contributed by atoms with E-state index in [1.165, 1.54) is 11.1 Å². The second-order valence-electron chi connectivity index (χ2n) is 8.10. The summed E-state index contributed by atoms with van der Waals surface area (Å²) in [6, 6.07) is 28.5. The van der Waals surface area contributed by atoms with Crippen molar-refractivity contribution in [1.29, 1.82) is 0 Å². The molecule has 0 amide bonds. The number of aryl methyl sites for hydroxylation is 1. The van der Waals surface area contributed by atoms with Crippen LogP contribution in [0.3, 0.4) is 0 Å². The standard InChI is InChI=1S/C16H12O2.C13H10OS/c1-2-10-7-8-13-14(9-10)16(18)12-6-4-3-5-11(12)15(13)17;14-15-12-7-3-1-5-10(12)9-11-6-2-4-8-13(11)15/h3-9H,2H2,1H3;1-8H,9H2. The first-order valence-electron chi connectivity index (χ1n) is 11.0. The summed E-state index contributed by atoms with van der Waals surface area (Å²) in [5.41, 5.74) is 5.55. The number of benzene rings is 4. The van der Waals surface area contributed by atoms with E-state index >= 15 is 0 Å². The second-order valence-corrected chi connectivity index (χ2v) is 9.52. The Labute approximate surface area is 196 Å². The molecule has 0 saturated carbocycles. The Balaban J connectivity index is 0.000000140. The number of carbonyl (C=O) groups is 2. The Morgan fingerprint density at radius 2 is 1.15 bits per heavy atom. The minimum atomic E-state index is -0.990. The van der Waals surface area contributed by atoms with Crippen molar-refractivity contribution in [3.63, 3.8) is 0 Å². The Morgan fingerprint density at radius 1 is 0.667 bits per heavy atom. The quantitative estimate of drug-likeness (QED) is 0.304. The normalized spacial score (nSPS) is 13.8. The van der Waals surface area contributed by atoms with E-state index in [1.54, 1.807) is 30.3 Å². The van der Waals surface area contributed by atoms with Crippen LogP contribution in [0.1, 0.15) is 55.5 Å². The zero-order valence-corrected chi connectivity index (χ0v) is 19.0. The van der Waals surface area contributed by atoms with Gasteiger partial charge in [-0.3, -0.25) is 9.59 Å². The lowest BCUT2D eigenvalue weighted by atomic mass is 9.83. The Kier molecular flexibility index (Phi) is 5.71. The number of carbonyl (C=O) groups excluding carboxylic acids is 2. The maximum Gasteiger partial charge on any atom is 0.194 e. The van der Waals surface area contributed by atoms with Gasteiger partial charge in [-0.25, -0.2) is 0 Å². The average molecular weight is 451 g/mol. The summed E-state index contributed by atoms with van der Waals surface area (Å²) in [5, 5.41) is 0. The molecule has 0 N–H and O–H groups in total. The minimum Gasteiger partial charge on any atom is -0.606 e. The highest BCUT2D eigenvalue weighted by molar-refractivity contribution is 7.91. The van der Waals surface area contributed by atoms with E-state index in [0.29, 0.717) is 22.3 Å². The van der Waals surface area contributed by atoms with Crippen molar-refractivity contribution in [2.45, 2.75) is 29.6 Å². The summed E-state index contributed by atoms with van der Waals surface area (Å²) in [4.78, 5) is 26.6. The van der Waals surface area contributed by atoms with Gasteiger partial charge in [-0.05, 0) is 30.2 Å². The third-order valence-electron chi connectivity index (χ3n) is 6.12. The highest BCUT2D eigenvalue weighted by atomic mass is 32.2. The molecule has 0 radical (unpaired) electrons. The maximum absolute atomic E-state index is 12.4. The van der Waals surface area contributed by atoms with E-state index in [1.807, 2.05) is 55.5 Å². The molecule has 33 heavy (non-hydrogen) atoms. The van der Waals surface area contributed by atoms with Crippen LogP contribution in [0.4, 0.5) is 0 Å². The summed E-state index contributed by atoms with van der Waals surface area (Å²) in [7, 11) is 0. The molecule has 1 aliphatic carbocycles. The van der Waals surface area contributed by atoms with Gasteiger partial charge in [0.05, 0.1) is 0 Å². The molecule has 2 aliphatic rings. The fourth-order valence-corrected chi connectivity index (χ4v) is 5.75. The summed E-state index contributed by atoms with van der Waals surface area (Å²) in [6.07, 6.45) is 1.76. The predicted molar refractivity (Wildman–Crippen MR) is 129 cm³/mol. The third-order valence-corrected chi connectivity index (χ3v) is 7.72. The van der Waals surface area contributed by atoms with Crippen molar-refractivity contribution in [2.75, 3.05) is 0 Å². The molecule has 0 unspecified atom stereocenters. The van der Waals surface area contributed by atoms with Crippen molar-refractivity contribution >= 4 is 22.7 Å². The van der Waals surface area contributed by atoms with E-state index in [2.05, 4.69) is 12.1 Å². The van der Waals surface area contributed by atoms with Gasteiger partial charge in [0.1, 0.15) is 0 Å². The van der Waals surface area contributed by atoms with Gasteiger partial charge in [-0.1, -0.05) is 79.7 Å². The lowest BCUT2D eigenvalue weighted by molar-refractivity contribution is 0.0979. The van der Waals surface area contributed by atoms with Gasteiger partial charge in [0.25, 0.3) is 0 Å². The van der Waals surface area contributed by atoms with Crippen LogP contribution in [-0.4, -0.2) is 16.1 Å². The van der Waals surface area contributed by atoms with E-state index < -0.39 is 11.2 Å². The second kappa shape index (κ2) is 8.81. The van der Waals surface area contributed by atoms with Gasteiger partial charge in [-0.15, -0.1) is 0 Å². The predicted octanol–water partition coefficient (Wildman–Crippen LogP) is 5.78. The molecule has 1 aliphatic heterocycles. The molecular weight excluding hydrogens is 428 g/mol. The molecule has 0 bridgehead atoms. The fraction of sp³-hybridized carbons (Fsp3) is 0.103. The van der Waals surface area contributed by atoms with E-state index in [4.69, 9.17) is 0 Å². The zero-order valence-electron chi connectivity index (χ0n) is 18.2. The van der Waals surface area contributed by atoms with Gasteiger partial charge < -0.3 is 4.55 Å². The lowest BCUT2D eigenvalue weighted by Crippen LogP contribution is -2.20. The van der Waals surface area contributed by atoms with Crippen LogP contribution in [0.2, 0.25) is 0 Å². The Bertz CT molecular complexity index is 1340. The monoisotopic (exact) mass is 450 g/mol. The molecule has 4 heteroatoms. The molecule has 0 atom stereocenters. The number of rotatable bonds is 1. The summed E-state index contributed by atoms with van der Waals surface area (Å²) in [6.45, 7) is 2.03. The van der Waals surface area contributed by atoms with E-state index in [-0.39, 0.29) is 11.6 Å². The molecule has 0 spiro atoms. The van der Waals surface area contributed by atoms with Gasteiger partial charge >= 0.3 is 0 Å². The van der Waals surface area contributed by atoms with Crippen LogP contribution in [0, 0.1) is 0 Å². The topological polar surface area (TPSA) is 57.2 Å². The number of fused-ring (bicyclic) bond motifs is 4. The highest BCUT2D eigenvalue weighted by Crippen LogP contribution is 2.33. The van der Waals surface area contributed by atoms with Gasteiger partial charge in [0.15, 0.2) is 21.4 Å². The first-order chi connectivity index (χ1) is 16.1. The number of hydrogen-bond donors (Lipinski definition) is 0. The average Bonchev–Trinajstić information content (AvgIpc) is 2.87. The first-order valence-corrected chi connectivity index (χ1v) is 12.1. The molecule has 4 aromatic rings. The molecule has 0 aromatic heterocycles. The SMILES string of the molecule is CCc1ccc2c(c1)C(=O)c1ccccc1C2=O.[O-][S+]1c2ccccc2Cc2ccccc21. The Morgan fingerprint density at radius 3 is 1.73 bits per heavy atom. The van der Waals surface area contributed by atoms with Crippen LogP contribution in [0.25, 0.3) is 0 Å². The molecule has 6 rings (SSSR count). The maximum atomic E-state index is 12.4. The molecule has 4 aromatic carbocycles. The summed E-state index contributed by atoms with van der Waals surface area (Å²) < 4.78 is 12.2. The summed E-state index contributed by atoms with van der Waals surface area (Å²) in [5.74, 6) is -0.0987. The van der Waals surface area contributed by atoms with Gasteiger partial charge in [0.2, 0.25) is 0 Å². The van der Waals surface area contributed by atoms with Crippen molar-refractivity contribution < 1.29 is 14.1 Å². The third kappa shape index (κ3) is 3.82. The Hall–Kier alpha value is -3.47. The van der Waals surface area contributed by atoms with E-state index in [9.17, 15) is 14.1 Å². The van der Waals surface area contributed by atoms with Crippen molar-refractivity contribution in [1.82, 2.24) is 0 Å².